The van der Waals surface area contributed by atoms with E-state index in [0.29, 0.717) is 18.4 Å². The second kappa shape index (κ2) is 12.2. The van der Waals surface area contributed by atoms with Crippen LogP contribution in [0.4, 0.5) is 0 Å². The van der Waals surface area contributed by atoms with Crippen LogP contribution in [0, 0.1) is 5.92 Å². The number of primary amides is 1. The lowest BCUT2D eigenvalue weighted by Gasteiger charge is -2.30. The summed E-state index contributed by atoms with van der Waals surface area (Å²) in [6, 6.07) is 1.55. The van der Waals surface area contributed by atoms with E-state index in [4.69, 9.17) is 11.5 Å². The van der Waals surface area contributed by atoms with E-state index in [0.717, 1.165) is 0 Å². The molecule has 1 aromatic rings. The third-order valence-electron chi connectivity index (χ3n) is 5.82. The summed E-state index contributed by atoms with van der Waals surface area (Å²) in [5.74, 6) is -4.22. The molecule has 0 saturated carbocycles. The number of likely N-dealkylation sites (tertiary alicyclic amines) is 1. The van der Waals surface area contributed by atoms with Gasteiger partial charge < -0.3 is 37.2 Å². The Balaban J connectivity index is 2.24. The molecule has 192 valence electrons. The Hall–Kier alpha value is -3.67. The molecule has 2 rings (SSSR count). The van der Waals surface area contributed by atoms with E-state index in [1.807, 2.05) is 0 Å². The van der Waals surface area contributed by atoms with E-state index in [1.165, 1.54) is 17.0 Å². The van der Waals surface area contributed by atoms with Crippen molar-refractivity contribution in [3.05, 3.63) is 29.8 Å². The molecule has 12 nitrogen and oxygen atoms in total. The zero-order valence-electron chi connectivity index (χ0n) is 19.8. The fraction of sp³-hybridized carbons (Fsp3) is 0.522. The van der Waals surface area contributed by atoms with E-state index in [2.05, 4.69) is 10.6 Å². The van der Waals surface area contributed by atoms with Crippen molar-refractivity contribution in [2.45, 2.75) is 63.7 Å². The molecule has 4 atom stereocenters. The number of carbonyl (C=O) groups excluding carboxylic acids is 4. The summed E-state index contributed by atoms with van der Waals surface area (Å²) in [5, 5.41) is 24.1. The van der Waals surface area contributed by atoms with Crippen LogP contribution in [0.3, 0.4) is 0 Å². The number of hydrogen-bond donors (Lipinski definition) is 6. The summed E-state index contributed by atoms with van der Waals surface area (Å²) in [6.45, 7) is 3.70. The molecule has 4 amide bonds. The van der Waals surface area contributed by atoms with E-state index >= 15 is 0 Å². The van der Waals surface area contributed by atoms with Crippen molar-refractivity contribution in [1.82, 2.24) is 15.5 Å². The molecule has 0 radical (unpaired) electrons. The number of aromatic hydroxyl groups is 1. The highest BCUT2D eigenvalue weighted by Crippen LogP contribution is 2.20. The summed E-state index contributed by atoms with van der Waals surface area (Å²) in [5.41, 5.74) is 11.4. The van der Waals surface area contributed by atoms with Crippen LogP contribution in [0.15, 0.2) is 24.3 Å². The van der Waals surface area contributed by atoms with Crippen molar-refractivity contribution >= 4 is 29.6 Å². The molecule has 12 heteroatoms. The van der Waals surface area contributed by atoms with Crippen molar-refractivity contribution < 1.29 is 34.2 Å². The average Bonchev–Trinajstić information content (AvgIpc) is 3.27. The van der Waals surface area contributed by atoms with Crippen LogP contribution in [-0.4, -0.2) is 75.4 Å². The van der Waals surface area contributed by atoms with Gasteiger partial charge in [0.15, 0.2) is 0 Å². The van der Waals surface area contributed by atoms with Crippen LogP contribution in [0.5, 0.6) is 5.75 Å². The van der Waals surface area contributed by atoms with Crippen molar-refractivity contribution in [3.8, 4) is 5.75 Å². The summed E-state index contributed by atoms with van der Waals surface area (Å²) in [4.78, 5) is 62.9. The summed E-state index contributed by atoms with van der Waals surface area (Å²) in [6.07, 6.45) is 0.454. The van der Waals surface area contributed by atoms with Gasteiger partial charge in [0.05, 0.1) is 12.5 Å². The molecule has 1 heterocycles. The Kier molecular flexibility index (Phi) is 9.58. The first-order chi connectivity index (χ1) is 16.4. The number of carboxylic acids is 1. The maximum Gasteiger partial charge on any atom is 0.326 e. The maximum atomic E-state index is 13.2. The fourth-order valence-corrected chi connectivity index (χ4v) is 3.90. The first kappa shape index (κ1) is 27.6. The number of hydrogen-bond acceptors (Lipinski definition) is 7. The highest BCUT2D eigenvalue weighted by atomic mass is 16.4. The summed E-state index contributed by atoms with van der Waals surface area (Å²) < 4.78 is 0. The third kappa shape index (κ3) is 7.67. The van der Waals surface area contributed by atoms with Crippen molar-refractivity contribution in [3.63, 3.8) is 0 Å². The normalized spacial score (nSPS) is 17.9. The molecule has 1 aromatic carbocycles. The molecule has 1 saturated heterocycles. The number of nitrogens with one attached hydrogen (secondary N) is 2. The van der Waals surface area contributed by atoms with Gasteiger partial charge in [-0.1, -0.05) is 26.0 Å². The number of carboxylic acid groups (broad SMARTS) is 1. The van der Waals surface area contributed by atoms with E-state index in [-0.39, 0.29) is 24.6 Å². The molecule has 0 bridgehead atoms. The van der Waals surface area contributed by atoms with Crippen LogP contribution in [0.2, 0.25) is 0 Å². The molecule has 1 aliphatic heterocycles. The van der Waals surface area contributed by atoms with E-state index in [1.54, 1.807) is 26.0 Å². The number of carbonyl (C=O) groups is 5. The molecular weight excluding hydrogens is 458 g/mol. The monoisotopic (exact) mass is 491 g/mol. The Morgan fingerprint density at radius 1 is 1.09 bits per heavy atom. The minimum Gasteiger partial charge on any atom is -0.508 e. The highest BCUT2D eigenvalue weighted by Gasteiger charge is 2.39. The second-order valence-electron chi connectivity index (χ2n) is 8.97. The fourth-order valence-electron chi connectivity index (χ4n) is 3.90. The van der Waals surface area contributed by atoms with Gasteiger partial charge in [0.1, 0.15) is 23.9 Å². The Morgan fingerprint density at radius 2 is 1.71 bits per heavy atom. The van der Waals surface area contributed by atoms with Gasteiger partial charge in [-0.15, -0.1) is 0 Å². The van der Waals surface area contributed by atoms with Crippen LogP contribution in [0.25, 0.3) is 0 Å². The predicted molar refractivity (Wildman–Crippen MR) is 125 cm³/mol. The average molecular weight is 492 g/mol. The first-order valence-corrected chi connectivity index (χ1v) is 11.4. The number of benzene rings is 1. The Morgan fingerprint density at radius 3 is 2.26 bits per heavy atom. The van der Waals surface area contributed by atoms with Gasteiger partial charge >= 0.3 is 5.97 Å². The summed E-state index contributed by atoms with van der Waals surface area (Å²) >= 11 is 0. The van der Waals surface area contributed by atoms with Crippen LogP contribution in [-0.2, 0) is 30.4 Å². The second-order valence-corrected chi connectivity index (χ2v) is 8.97. The van der Waals surface area contributed by atoms with Crippen molar-refractivity contribution in [2.75, 3.05) is 6.54 Å². The van der Waals surface area contributed by atoms with Gasteiger partial charge in [0.2, 0.25) is 23.6 Å². The van der Waals surface area contributed by atoms with Gasteiger partial charge in [0, 0.05) is 13.0 Å². The minimum absolute atomic E-state index is 0.00160. The van der Waals surface area contributed by atoms with E-state index in [9.17, 15) is 34.2 Å². The number of phenols is 1. The van der Waals surface area contributed by atoms with Gasteiger partial charge in [0.25, 0.3) is 0 Å². The van der Waals surface area contributed by atoms with Crippen molar-refractivity contribution in [2.24, 2.45) is 17.4 Å². The largest absolute Gasteiger partial charge is 0.508 e. The number of rotatable bonds is 11. The quantitative estimate of drug-likeness (QED) is 0.222. The molecule has 4 unspecified atom stereocenters. The van der Waals surface area contributed by atoms with Gasteiger partial charge in [-0.25, -0.2) is 4.79 Å². The highest BCUT2D eigenvalue weighted by molar-refractivity contribution is 5.95. The lowest BCUT2D eigenvalue weighted by atomic mass is 9.99. The number of nitrogens with two attached hydrogens (primary N) is 2. The maximum absolute atomic E-state index is 13.2. The van der Waals surface area contributed by atoms with Gasteiger partial charge in [-0.2, -0.15) is 0 Å². The standard InChI is InChI=1S/C23H33N5O7/c1-12(2)19(22(33)28-9-3-4-17(28)23(34)35)27-21(32)16(10-13-5-7-14(29)8-6-13)26-20(31)15(24)11-18(25)30/h5-8,12,15-17,19,29H,3-4,9-11,24H2,1-2H3,(H2,25,30)(H,26,31)(H,27,32)(H,34,35). The summed E-state index contributed by atoms with van der Waals surface area (Å²) in [7, 11) is 0. The molecule has 1 aliphatic rings. The molecule has 0 aliphatic carbocycles. The topological polar surface area (TPSA) is 205 Å². The van der Waals surface area contributed by atoms with Crippen molar-refractivity contribution in [1.29, 1.82) is 0 Å². The van der Waals surface area contributed by atoms with Crippen LogP contribution < -0.4 is 22.1 Å². The predicted octanol–water partition coefficient (Wildman–Crippen LogP) is -1.16. The molecule has 0 aromatic heterocycles. The minimum atomic E-state index is -1.27. The number of nitrogens with zero attached hydrogens (tertiary/aromatic N) is 1. The molecule has 8 N–H and O–H groups in total. The van der Waals surface area contributed by atoms with Crippen LogP contribution in [0.1, 0.15) is 38.7 Å². The molecule has 1 fully saturated rings. The number of phenolic OH excluding ortho intramolecular Hbond substituents is 1. The zero-order valence-corrected chi connectivity index (χ0v) is 19.8. The third-order valence-corrected chi connectivity index (χ3v) is 5.82. The number of amides is 4. The lowest BCUT2D eigenvalue weighted by molar-refractivity contribution is -0.150. The Bertz CT molecular complexity index is 950. The molecule has 35 heavy (non-hydrogen) atoms. The molecular formula is C23H33N5O7. The number of aliphatic carboxylic acids is 1. The zero-order chi connectivity index (χ0) is 26.3. The first-order valence-electron chi connectivity index (χ1n) is 11.4. The smallest absolute Gasteiger partial charge is 0.326 e. The Labute approximate surface area is 203 Å². The van der Waals surface area contributed by atoms with Crippen LogP contribution >= 0.6 is 0 Å². The van der Waals surface area contributed by atoms with Gasteiger partial charge in [-0.05, 0) is 36.5 Å². The van der Waals surface area contributed by atoms with E-state index < -0.39 is 60.2 Å². The van der Waals surface area contributed by atoms with Gasteiger partial charge in [-0.3, -0.25) is 19.2 Å². The lowest BCUT2D eigenvalue weighted by Crippen LogP contribution is -2.59. The SMILES string of the molecule is CC(C)C(NC(=O)C(Cc1ccc(O)cc1)NC(=O)C(N)CC(N)=O)C(=O)N1CCCC1C(=O)O. The molecule has 0 spiro atoms.